The van der Waals surface area contributed by atoms with Crippen molar-refractivity contribution in [3.63, 3.8) is 0 Å². The van der Waals surface area contributed by atoms with E-state index in [-0.39, 0.29) is 6.42 Å². The summed E-state index contributed by atoms with van der Waals surface area (Å²) in [5, 5.41) is 23.2. The average Bonchev–Trinajstić information content (AvgIpc) is 2.98. The second-order valence-electron chi connectivity index (χ2n) is 12.3. The van der Waals surface area contributed by atoms with Gasteiger partial charge in [-0.15, -0.1) is 0 Å². The van der Waals surface area contributed by atoms with Crippen LogP contribution in [0.2, 0.25) is 0 Å². The maximum absolute atomic E-state index is 12.5. The molecule has 0 spiro atoms. The van der Waals surface area contributed by atoms with Gasteiger partial charge < -0.3 is 15.5 Å². The van der Waals surface area contributed by atoms with Gasteiger partial charge in [0.1, 0.15) is 6.10 Å². The number of allylic oxidation sites excluding steroid dienone is 5. The van der Waals surface area contributed by atoms with Crippen LogP contribution in [0.5, 0.6) is 0 Å². The second-order valence-corrected chi connectivity index (χ2v) is 13.8. The number of hydrogen-bond acceptors (Lipinski definition) is 5. The van der Waals surface area contributed by atoms with Gasteiger partial charge in [0.05, 0.1) is 17.9 Å². The van der Waals surface area contributed by atoms with Gasteiger partial charge in [-0.1, -0.05) is 153 Å². The van der Waals surface area contributed by atoms with E-state index in [2.05, 4.69) is 43.5 Å². The lowest BCUT2D eigenvalue weighted by Gasteiger charge is -2.22. The Labute approximate surface area is 270 Å². The SMILES string of the molecule is CCCCC/C=C\C=C/CCCCCCCCCCCC(O)C(=O)NC(CS(=O)(=O)O)C(O)/C=C/CCCCCCCCC. The van der Waals surface area contributed by atoms with Gasteiger partial charge in [-0.2, -0.15) is 8.42 Å². The van der Waals surface area contributed by atoms with Crippen molar-refractivity contribution < 1.29 is 28.0 Å². The molecule has 0 aromatic carbocycles. The molecule has 0 bridgehead atoms. The van der Waals surface area contributed by atoms with Gasteiger partial charge in [-0.3, -0.25) is 9.35 Å². The Morgan fingerprint density at radius 3 is 1.55 bits per heavy atom. The van der Waals surface area contributed by atoms with Crippen molar-refractivity contribution >= 4 is 16.0 Å². The number of nitrogens with one attached hydrogen (secondary N) is 1. The van der Waals surface area contributed by atoms with Gasteiger partial charge >= 0.3 is 0 Å². The minimum Gasteiger partial charge on any atom is -0.387 e. The summed E-state index contributed by atoms with van der Waals surface area (Å²) in [7, 11) is -4.43. The van der Waals surface area contributed by atoms with Gasteiger partial charge in [0.2, 0.25) is 5.91 Å². The molecule has 0 heterocycles. The second kappa shape index (κ2) is 30.2. The standard InChI is InChI=1S/C36H67NO6S/c1-3-5-7-9-11-13-14-15-16-17-18-19-20-21-23-25-27-29-31-35(39)36(40)37-33(32-44(41,42)43)34(38)30-28-26-24-22-12-10-8-6-4-2/h11,13-15,28,30,33-35,38-39H,3-10,12,16-27,29,31-32H2,1-2H3,(H,37,40)(H,41,42,43)/b13-11-,15-14-,30-28+. The third kappa shape index (κ3) is 29.2. The van der Waals surface area contributed by atoms with E-state index in [0.29, 0.717) is 6.42 Å². The summed E-state index contributed by atoms with van der Waals surface area (Å²) >= 11 is 0. The predicted octanol–water partition coefficient (Wildman–Crippen LogP) is 8.76. The van der Waals surface area contributed by atoms with Crippen molar-refractivity contribution in [2.75, 3.05) is 5.75 Å². The molecule has 8 heteroatoms. The molecule has 4 N–H and O–H groups in total. The van der Waals surface area contributed by atoms with Crippen LogP contribution in [0, 0.1) is 0 Å². The first-order valence-corrected chi connectivity index (χ1v) is 19.4. The van der Waals surface area contributed by atoms with Crippen LogP contribution in [0.15, 0.2) is 36.5 Å². The van der Waals surface area contributed by atoms with Gasteiger partial charge in [0.15, 0.2) is 0 Å². The monoisotopic (exact) mass is 641 g/mol. The molecule has 3 unspecified atom stereocenters. The molecular formula is C36H67NO6S. The summed E-state index contributed by atoms with van der Waals surface area (Å²) in [6.07, 6.45) is 34.9. The Balaban J connectivity index is 4.07. The van der Waals surface area contributed by atoms with Gasteiger partial charge in [0, 0.05) is 0 Å². The zero-order valence-corrected chi connectivity index (χ0v) is 29.0. The van der Waals surface area contributed by atoms with E-state index >= 15 is 0 Å². The van der Waals surface area contributed by atoms with Gasteiger partial charge in [-0.25, -0.2) is 0 Å². The lowest BCUT2D eigenvalue weighted by Crippen LogP contribution is -2.50. The average molecular weight is 642 g/mol. The van der Waals surface area contributed by atoms with Crippen molar-refractivity contribution in [3.05, 3.63) is 36.5 Å². The number of carbonyl (C=O) groups excluding carboxylic acids is 1. The molecule has 0 fully saturated rings. The number of rotatable bonds is 31. The molecule has 3 atom stereocenters. The summed E-state index contributed by atoms with van der Waals surface area (Å²) in [5.41, 5.74) is 0. The molecule has 0 aromatic heterocycles. The number of unbranched alkanes of at least 4 members (excludes halogenated alkanes) is 19. The zero-order chi connectivity index (χ0) is 32.7. The zero-order valence-electron chi connectivity index (χ0n) is 28.1. The fourth-order valence-electron chi connectivity index (χ4n) is 5.15. The highest BCUT2D eigenvalue weighted by Gasteiger charge is 2.27. The Hall–Kier alpha value is -1.48. The van der Waals surface area contributed by atoms with Crippen LogP contribution in [0.4, 0.5) is 0 Å². The summed E-state index contributed by atoms with van der Waals surface area (Å²) in [4.78, 5) is 12.5. The largest absolute Gasteiger partial charge is 0.387 e. The fourth-order valence-corrected chi connectivity index (χ4v) is 5.89. The van der Waals surface area contributed by atoms with E-state index in [0.717, 1.165) is 44.9 Å². The minimum atomic E-state index is -4.43. The van der Waals surface area contributed by atoms with Crippen LogP contribution in [0.1, 0.15) is 162 Å². The summed E-state index contributed by atoms with van der Waals surface area (Å²) < 4.78 is 32.3. The Kier molecular flexibility index (Phi) is 29.2. The van der Waals surface area contributed by atoms with Crippen molar-refractivity contribution in [2.24, 2.45) is 0 Å². The molecule has 0 saturated heterocycles. The number of aliphatic hydroxyl groups excluding tert-OH is 2. The topological polar surface area (TPSA) is 124 Å². The molecule has 0 aliphatic carbocycles. The Morgan fingerprint density at radius 1 is 0.636 bits per heavy atom. The predicted molar refractivity (Wildman–Crippen MR) is 185 cm³/mol. The highest BCUT2D eigenvalue weighted by atomic mass is 32.2. The Bertz CT molecular complexity index is 855. The van der Waals surface area contributed by atoms with E-state index in [1.165, 1.54) is 96.0 Å². The fraction of sp³-hybridized carbons (Fsp3) is 0.806. The summed E-state index contributed by atoms with van der Waals surface area (Å²) in [6, 6.07) is -1.23. The van der Waals surface area contributed by atoms with Gasteiger partial charge in [0.25, 0.3) is 10.1 Å². The first-order valence-electron chi connectivity index (χ1n) is 17.8. The lowest BCUT2D eigenvalue weighted by molar-refractivity contribution is -0.130. The lowest BCUT2D eigenvalue weighted by atomic mass is 10.0. The number of amides is 1. The van der Waals surface area contributed by atoms with E-state index in [1.54, 1.807) is 6.08 Å². The Morgan fingerprint density at radius 2 is 1.05 bits per heavy atom. The molecule has 0 radical (unpaired) electrons. The molecule has 0 rings (SSSR count). The number of hydrogen-bond donors (Lipinski definition) is 4. The first kappa shape index (κ1) is 42.5. The van der Waals surface area contributed by atoms with Crippen LogP contribution in [-0.4, -0.2) is 53.1 Å². The normalized spacial score (nSPS) is 14.6. The molecule has 0 aliphatic rings. The maximum Gasteiger partial charge on any atom is 0.267 e. The van der Waals surface area contributed by atoms with Crippen molar-refractivity contribution in [1.82, 2.24) is 5.32 Å². The molecule has 1 amide bonds. The summed E-state index contributed by atoms with van der Waals surface area (Å²) in [5.74, 6) is -1.54. The minimum absolute atomic E-state index is 0.274. The maximum atomic E-state index is 12.5. The third-order valence-corrected chi connectivity index (χ3v) is 8.73. The van der Waals surface area contributed by atoms with Crippen molar-refractivity contribution in [1.29, 1.82) is 0 Å². The van der Waals surface area contributed by atoms with Crippen LogP contribution in [0.3, 0.4) is 0 Å². The van der Waals surface area contributed by atoms with E-state index < -0.39 is 40.0 Å². The van der Waals surface area contributed by atoms with Crippen LogP contribution in [-0.2, 0) is 14.9 Å². The van der Waals surface area contributed by atoms with E-state index in [4.69, 9.17) is 0 Å². The molecule has 0 aromatic rings. The summed E-state index contributed by atoms with van der Waals surface area (Å²) in [6.45, 7) is 4.42. The van der Waals surface area contributed by atoms with Crippen LogP contribution < -0.4 is 5.32 Å². The quantitative estimate of drug-likeness (QED) is 0.0260. The highest BCUT2D eigenvalue weighted by Crippen LogP contribution is 2.13. The smallest absolute Gasteiger partial charge is 0.267 e. The van der Waals surface area contributed by atoms with E-state index in [9.17, 15) is 28.0 Å². The molecule has 0 saturated carbocycles. The van der Waals surface area contributed by atoms with Crippen molar-refractivity contribution in [2.45, 2.75) is 180 Å². The molecular weight excluding hydrogens is 574 g/mol. The number of aliphatic hydroxyl groups is 2. The molecule has 0 aliphatic heterocycles. The van der Waals surface area contributed by atoms with Crippen LogP contribution in [0.25, 0.3) is 0 Å². The molecule has 258 valence electrons. The highest BCUT2D eigenvalue weighted by molar-refractivity contribution is 7.85. The van der Waals surface area contributed by atoms with Crippen molar-refractivity contribution in [3.8, 4) is 0 Å². The first-order chi connectivity index (χ1) is 21.2. The molecule has 7 nitrogen and oxygen atoms in total. The molecule has 44 heavy (non-hydrogen) atoms. The van der Waals surface area contributed by atoms with Gasteiger partial charge in [-0.05, 0) is 44.9 Å². The number of carbonyl (C=O) groups is 1. The van der Waals surface area contributed by atoms with Crippen LogP contribution >= 0.6 is 0 Å². The third-order valence-electron chi connectivity index (χ3n) is 7.95. The van der Waals surface area contributed by atoms with E-state index in [1.807, 2.05) is 0 Å².